The van der Waals surface area contributed by atoms with Gasteiger partial charge in [-0.2, -0.15) is 5.10 Å². The minimum absolute atomic E-state index is 0.709. The summed E-state index contributed by atoms with van der Waals surface area (Å²) in [4.78, 5) is 0. The molecule has 0 atom stereocenters. The first-order valence-corrected chi connectivity index (χ1v) is 5.55. The number of nitrogens with zero attached hydrogens (tertiary/aromatic N) is 2. The molecule has 84 valence electrons. The van der Waals surface area contributed by atoms with Crippen molar-refractivity contribution in [2.45, 2.75) is 13.5 Å². The van der Waals surface area contributed by atoms with E-state index in [1.165, 1.54) is 5.56 Å². The van der Waals surface area contributed by atoms with Crippen LogP contribution in [0.15, 0.2) is 30.5 Å². The zero-order chi connectivity index (χ0) is 11.5. The maximum Gasteiger partial charge on any atom is 0.0831 e. The fourth-order valence-electron chi connectivity index (χ4n) is 1.62. The average molecular weight is 236 g/mol. The third kappa shape index (κ3) is 2.10. The number of nitrogens with one attached hydrogen (secondary N) is 1. The van der Waals surface area contributed by atoms with Crippen LogP contribution in [0.2, 0.25) is 5.02 Å². The van der Waals surface area contributed by atoms with Crippen LogP contribution in [0.4, 0.5) is 0 Å². The maximum atomic E-state index is 6.12. The van der Waals surface area contributed by atoms with E-state index in [4.69, 9.17) is 11.6 Å². The van der Waals surface area contributed by atoms with Gasteiger partial charge in [0.1, 0.15) is 0 Å². The molecule has 0 saturated carbocycles. The van der Waals surface area contributed by atoms with Gasteiger partial charge in [-0.3, -0.25) is 0 Å². The molecule has 0 aliphatic heterocycles. The van der Waals surface area contributed by atoms with Crippen LogP contribution < -0.4 is 5.32 Å². The highest BCUT2D eigenvalue weighted by Crippen LogP contribution is 2.20. The van der Waals surface area contributed by atoms with E-state index in [0.717, 1.165) is 17.9 Å². The Morgan fingerprint density at radius 2 is 2.12 bits per heavy atom. The summed E-state index contributed by atoms with van der Waals surface area (Å²) in [6, 6.07) is 7.69. The van der Waals surface area contributed by atoms with Gasteiger partial charge in [-0.1, -0.05) is 23.7 Å². The van der Waals surface area contributed by atoms with E-state index in [-0.39, 0.29) is 0 Å². The van der Waals surface area contributed by atoms with Gasteiger partial charge >= 0.3 is 0 Å². The quantitative estimate of drug-likeness (QED) is 0.886. The predicted molar refractivity (Wildman–Crippen MR) is 66.1 cm³/mol. The molecule has 4 heteroatoms. The molecule has 16 heavy (non-hydrogen) atoms. The molecule has 0 fully saturated rings. The van der Waals surface area contributed by atoms with Crippen LogP contribution in [0.5, 0.6) is 0 Å². The molecule has 0 aliphatic rings. The Kier molecular flexibility index (Phi) is 3.27. The number of halogens is 1. The molecule has 0 unspecified atom stereocenters. The van der Waals surface area contributed by atoms with E-state index in [1.54, 1.807) is 0 Å². The van der Waals surface area contributed by atoms with Gasteiger partial charge in [-0.15, -0.1) is 0 Å². The molecule has 1 N–H and O–H groups in total. The van der Waals surface area contributed by atoms with E-state index in [9.17, 15) is 0 Å². The average Bonchev–Trinajstić information content (AvgIpc) is 2.61. The van der Waals surface area contributed by atoms with Gasteiger partial charge in [-0.25, -0.2) is 4.68 Å². The summed E-state index contributed by atoms with van der Waals surface area (Å²) in [6.07, 6.45) is 2.01. The molecule has 0 radical (unpaired) electrons. The molecule has 2 rings (SSSR count). The first-order valence-electron chi connectivity index (χ1n) is 5.17. The lowest BCUT2D eigenvalue weighted by Gasteiger charge is -2.02. The smallest absolute Gasteiger partial charge is 0.0831 e. The largest absolute Gasteiger partial charge is 0.316 e. The Bertz CT molecular complexity index is 491. The topological polar surface area (TPSA) is 29.9 Å². The Morgan fingerprint density at radius 1 is 1.38 bits per heavy atom. The summed E-state index contributed by atoms with van der Waals surface area (Å²) < 4.78 is 1.82. The first kappa shape index (κ1) is 11.2. The van der Waals surface area contributed by atoms with Crippen LogP contribution >= 0.6 is 11.6 Å². The Hall–Kier alpha value is -1.32. The summed E-state index contributed by atoms with van der Waals surface area (Å²) in [5, 5.41) is 8.28. The standard InChI is InChI=1S/C12H14ClN3/c1-9-10(7-14-2)8-16(15-9)12-6-4-3-5-11(12)13/h3-6,8,14H,7H2,1-2H3. The Balaban J connectivity index is 2.42. The van der Waals surface area contributed by atoms with Gasteiger partial charge in [0.25, 0.3) is 0 Å². The Labute approximate surface area is 100 Å². The van der Waals surface area contributed by atoms with Gasteiger partial charge in [0.2, 0.25) is 0 Å². The highest BCUT2D eigenvalue weighted by Gasteiger charge is 2.07. The predicted octanol–water partition coefficient (Wildman–Crippen LogP) is 2.55. The highest BCUT2D eigenvalue weighted by atomic mass is 35.5. The molecule has 1 aromatic carbocycles. The summed E-state index contributed by atoms with van der Waals surface area (Å²) in [5.74, 6) is 0. The number of aryl methyl sites for hydroxylation is 1. The SMILES string of the molecule is CNCc1cn(-c2ccccc2Cl)nc1C. The van der Waals surface area contributed by atoms with Crippen molar-refractivity contribution < 1.29 is 0 Å². The van der Waals surface area contributed by atoms with Crippen LogP contribution in [0, 0.1) is 6.92 Å². The van der Waals surface area contributed by atoms with E-state index >= 15 is 0 Å². The number of hydrogen-bond donors (Lipinski definition) is 1. The van der Waals surface area contributed by atoms with Crippen LogP contribution in [-0.4, -0.2) is 16.8 Å². The molecule has 2 aromatic rings. The minimum Gasteiger partial charge on any atom is -0.316 e. The number of benzene rings is 1. The number of aromatic nitrogens is 2. The van der Waals surface area contributed by atoms with Crippen molar-refractivity contribution in [2.24, 2.45) is 0 Å². The van der Waals surface area contributed by atoms with Crippen molar-refractivity contribution in [3.05, 3.63) is 46.7 Å². The van der Waals surface area contributed by atoms with E-state index in [1.807, 2.05) is 49.1 Å². The van der Waals surface area contributed by atoms with Gasteiger partial charge in [0, 0.05) is 18.3 Å². The highest BCUT2D eigenvalue weighted by molar-refractivity contribution is 6.32. The van der Waals surface area contributed by atoms with Crippen molar-refractivity contribution in [3.63, 3.8) is 0 Å². The van der Waals surface area contributed by atoms with E-state index in [0.29, 0.717) is 5.02 Å². The monoisotopic (exact) mass is 235 g/mol. The number of hydrogen-bond acceptors (Lipinski definition) is 2. The maximum absolute atomic E-state index is 6.12. The molecule has 3 nitrogen and oxygen atoms in total. The molecular formula is C12H14ClN3. The molecule has 0 amide bonds. The number of para-hydroxylation sites is 1. The van der Waals surface area contributed by atoms with Crippen molar-refractivity contribution in [1.29, 1.82) is 0 Å². The summed E-state index contributed by atoms with van der Waals surface area (Å²) in [5.41, 5.74) is 3.12. The van der Waals surface area contributed by atoms with Crippen molar-refractivity contribution in [3.8, 4) is 5.69 Å². The third-order valence-electron chi connectivity index (χ3n) is 2.47. The van der Waals surface area contributed by atoms with Crippen LogP contribution in [0.25, 0.3) is 5.69 Å². The van der Waals surface area contributed by atoms with Crippen molar-refractivity contribution in [1.82, 2.24) is 15.1 Å². The summed E-state index contributed by atoms with van der Waals surface area (Å²) in [7, 11) is 1.92. The van der Waals surface area contributed by atoms with Gasteiger partial charge < -0.3 is 5.32 Å². The van der Waals surface area contributed by atoms with Crippen LogP contribution in [0.1, 0.15) is 11.3 Å². The fourth-order valence-corrected chi connectivity index (χ4v) is 1.84. The lowest BCUT2D eigenvalue weighted by Crippen LogP contribution is -2.05. The molecule has 0 aliphatic carbocycles. The second kappa shape index (κ2) is 4.68. The molecule has 1 aromatic heterocycles. The van der Waals surface area contributed by atoms with E-state index in [2.05, 4.69) is 10.4 Å². The summed E-state index contributed by atoms with van der Waals surface area (Å²) >= 11 is 6.12. The third-order valence-corrected chi connectivity index (χ3v) is 2.79. The zero-order valence-corrected chi connectivity index (χ0v) is 10.1. The molecule has 1 heterocycles. The normalized spacial score (nSPS) is 10.7. The van der Waals surface area contributed by atoms with E-state index < -0.39 is 0 Å². The lowest BCUT2D eigenvalue weighted by molar-refractivity contribution is 0.812. The molecule has 0 saturated heterocycles. The minimum atomic E-state index is 0.709. The first-order chi connectivity index (χ1) is 7.72. The van der Waals surface area contributed by atoms with Crippen LogP contribution in [0.3, 0.4) is 0 Å². The number of rotatable bonds is 3. The van der Waals surface area contributed by atoms with Crippen molar-refractivity contribution >= 4 is 11.6 Å². The second-order valence-electron chi connectivity index (χ2n) is 3.67. The van der Waals surface area contributed by atoms with Gasteiger partial charge in [-0.05, 0) is 26.1 Å². The molecular weight excluding hydrogens is 222 g/mol. The second-order valence-corrected chi connectivity index (χ2v) is 4.07. The lowest BCUT2D eigenvalue weighted by atomic mass is 10.2. The van der Waals surface area contributed by atoms with Crippen molar-refractivity contribution in [2.75, 3.05) is 7.05 Å². The molecule has 0 bridgehead atoms. The Morgan fingerprint density at radius 3 is 2.81 bits per heavy atom. The van der Waals surface area contributed by atoms with Gasteiger partial charge in [0.05, 0.1) is 16.4 Å². The summed E-state index contributed by atoms with van der Waals surface area (Å²) in [6.45, 7) is 2.82. The fraction of sp³-hybridized carbons (Fsp3) is 0.250. The zero-order valence-electron chi connectivity index (χ0n) is 9.37. The molecule has 0 spiro atoms. The van der Waals surface area contributed by atoms with Gasteiger partial charge in [0.15, 0.2) is 0 Å². The van der Waals surface area contributed by atoms with Crippen LogP contribution in [-0.2, 0) is 6.54 Å².